The average Bonchev–Trinajstić information content (AvgIpc) is 3.11. The van der Waals surface area contributed by atoms with E-state index in [1.165, 1.54) is 6.20 Å². The fraction of sp³-hybridized carbons (Fsp3) is 0.286. The van der Waals surface area contributed by atoms with Crippen molar-refractivity contribution in [3.8, 4) is 5.69 Å². The van der Waals surface area contributed by atoms with Crippen molar-refractivity contribution in [3.05, 3.63) is 46.7 Å². The quantitative estimate of drug-likeness (QED) is 0.936. The Morgan fingerprint density at radius 2 is 2.05 bits per heavy atom. The second-order valence-electron chi connectivity index (χ2n) is 4.84. The number of aromatic nitrogens is 2. The zero-order valence-electron chi connectivity index (χ0n) is 10.6. The summed E-state index contributed by atoms with van der Waals surface area (Å²) in [5, 5.41) is 7.50. The van der Waals surface area contributed by atoms with Crippen LogP contribution in [0.25, 0.3) is 5.69 Å². The Balaban J connectivity index is 1.97. The molecule has 4 nitrogen and oxygen atoms in total. The molecule has 2 aromatic rings. The molecule has 0 spiro atoms. The van der Waals surface area contributed by atoms with Crippen LogP contribution in [-0.2, 0) is 0 Å². The van der Waals surface area contributed by atoms with Gasteiger partial charge in [0.05, 0.1) is 16.9 Å². The Bertz CT molecular complexity index is 614. The molecular formula is C14H14ClN3O. The van der Waals surface area contributed by atoms with Crippen molar-refractivity contribution in [2.75, 3.05) is 0 Å². The van der Waals surface area contributed by atoms with Crippen molar-refractivity contribution in [2.45, 2.75) is 25.8 Å². The molecule has 1 aromatic carbocycles. The Morgan fingerprint density at radius 1 is 1.37 bits per heavy atom. The third-order valence-corrected chi connectivity index (χ3v) is 3.41. The number of aryl methyl sites for hydroxylation is 1. The molecule has 1 heterocycles. The van der Waals surface area contributed by atoms with E-state index in [0.29, 0.717) is 16.8 Å². The standard InChI is InChI=1S/C14H14ClN3O/c1-9-2-6-11(7-3-9)18-13(12(15)8-16-18)14(19)17-10-4-5-10/h2-3,6-8,10H,4-5H2,1H3,(H,17,19). The van der Waals surface area contributed by atoms with E-state index in [4.69, 9.17) is 11.6 Å². The molecule has 0 bridgehead atoms. The largest absolute Gasteiger partial charge is 0.348 e. The minimum atomic E-state index is -0.162. The second kappa shape index (κ2) is 4.70. The monoisotopic (exact) mass is 275 g/mol. The third-order valence-electron chi connectivity index (χ3n) is 3.13. The summed E-state index contributed by atoms with van der Waals surface area (Å²) < 4.78 is 1.58. The maximum absolute atomic E-state index is 12.2. The molecule has 0 unspecified atom stereocenters. The Labute approximate surface area is 116 Å². The molecule has 0 radical (unpaired) electrons. The fourth-order valence-electron chi connectivity index (χ4n) is 1.90. The lowest BCUT2D eigenvalue weighted by molar-refractivity contribution is 0.0943. The number of amides is 1. The highest BCUT2D eigenvalue weighted by molar-refractivity contribution is 6.33. The lowest BCUT2D eigenvalue weighted by Gasteiger charge is -2.08. The molecule has 5 heteroatoms. The van der Waals surface area contributed by atoms with Crippen LogP contribution in [0.5, 0.6) is 0 Å². The number of nitrogens with zero attached hydrogens (tertiary/aromatic N) is 2. The van der Waals surface area contributed by atoms with Gasteiger partial charge in [0.1, 0.15) is 0 Å². The van der Waals surface area contributed by atoms with Crippen LogP contribution >= 0.6 is 11.6 Å². The maximum atomic E-state index is 12.2. The first-order chi connectivity index (χ1) is 9.15. The second-order valence-corrected chi connectivity index (χ2v) is 5.24. The predicted octanol–water partition coefficient (Wildman–Crippen LogP) is 2.73. The van der Waals surface area contributed by atoms with Gasteiger partial charge in [0.2, 0.25) is 0 Å². The Kier molecular flexibility index (Phi) is 3.03. The van der Waals surface area contributed by atoms with E-state index in [9.17, 15) is 4.79 Å². The number of rotatable bonds is 3. The van der Waals surface area contributed by atoms with Crippen molar-refractivity contribution in [1.82, 2.24) is 15.1 Å². The first-order valence-corrected chi connectivity index (χ1v) is 6.64. The Hall–Kier alpha value is -1.81. The molecule has 0 aliphatic heterocycles. The minimum absolute atomic E-state index is 0.162. The molecule has 98 valence electrons. The Morgan fingerprint density at radius 3 is 2.68 bits per heavy atom. The molecule has 1 aromatic heterocycles. The first kappa shape index (κ1) is 12.2. The molecular weight excluding hydrogens is 262 g/mol. The molecule has 0 saturated heterocycles. The molecule has 1 amide bonds. The summed E-state index contributed by atoms with van der Waals surface area (Å²) in [6, 6.07) is 8.10. The van der Waals surface area contributed by atoms with Gasteiger partial charge in [0.15, 0.2) is 5.69 Å². The van der Waals surface area contributed by atoms with Crippen molar-refractivity contribution in [3.63, 3.8) is 0 Å². The summed E-state index contributed by atoms with van der Waals surface area (Å²) in [6.07, 6.45) is 3.59. The number of benzene rings is 1. The topological polar surface area (TPSA) is 46.9 Å². The van der Waals surface area contributed by atoms with Gasteiger partial charge in [-0.1, -0.05) is 29.3 Å². The number of halogens is 1. The fourth-order valence-corrected chi connectivity index (χ4v) is 2.11. The lowest BCUT2D eigenvalue weighted by Crippen LogP contribution is -2.28. The summed E-state index contributed by atoms with van der Waals surface area (Å²) in [4.78, 5) is 12.2. The zero-order valence-corrected chi connectivity index (χ0v) is 11.3. The maximum Gasteiger partial charge on any atom is 0.271 e. The molecule has 1 saturated carbocycles. The average molecular weight is 276 g/mol. The van der Waals surface area contributed by atoms with Crippen molar-refractivity contribution >= 4 is 17.5 Å². The molecule has 0 atom stereocenters. The van der Waals surface area contributed by atoms with Crippen LogP contribution in [0.2, 0.25) is 5.02 Å². The summed E-state index contributed by atoms with van der Waals surface area (Å²) in [6.45, 7) is 2.01. The molecule has 3 rings (SSSR count). The van der Waals surface area contributed by atoms with Gasteiger partial charge in [0.25, 0.3) is 5.91 Å². The SMILES string of the molecule is Cc1ccc(-n2ncc(Cl)c2C(=O)NC2CC2)cc1. The number of carbonyl (C=O) groups excluding carboxylic acids is 1. The van der Waals surface area contributed by atoms with Gasteiger partial charge in [0, 0.05) is 6.04 Å². The summed E-state index contributed by atoms with van der Waals surface area (Å²) in [5.74, 6) is -0.162. The van der Waals surface area contributed by atoms with E-state index in [1.54, 1.807) is 4.68 Å². The molecule has 1 fully saturated rings. The normalized spacial score (nSPS) is 14.4. The number of hydrogen-bond donors (Lipinski definition) is 1. The molecule has 1 aliphatic rings. The van der Waals surface area contributed by atoms with Gasteiger partial charge in [-0.15, -0.1) is 0 Å². The van der Waals surface area contributed by atoms with E-state index in [-0.39, 0.29) is 5.91 Å². The van der Waals surface area contributed by atoms with Gasteiger partial charge in [-0.3, -0.25) is 4.79 Å². The van der Waals surface area contributed by atoms with E-state index in [0.717, 1.165) is 24.1 Å². The third kappa shape index (κ3) is 2.49. The van der Waals surface area contributed by atoms with Gasteiger partial charge in [-0.25, -0.2) is 4.68 Å². The van der Waals surface area contributed by atoms with Crippen molar-refractivity contribution in [1.29, 1.82) is 0 Å². The van der Waals surface area contributed by atoms with Gasteiger partial charge < -0.3 is 5.32 Å². The van der Waals surface area contributed by atoms with Crippen LogP contribution in [0.4, 0.5) is 0 Å². The van der Waals surface area contributed by atoms with Crippen LogP contribution < -0.4 is 5.32 Å². The van der Waals surface area contributed by atoms with Crippen LogP contribution in [0.15, 0.2) is 30.5 Å². The summed E-state index contributed by atoms with van der Waals surface area (Å²) >= 11 is 6.08. The van der Waals surface area contributed by atoms with E-state index in [1.807, 2.05) is 31.2 Å². The highest BCUT2D eigenvalue weighted by atomic mass is 35.5. The van der Waals surface area contributed by atoms with Crippen molar-refractivity contribution in [2.24, 2.45) is 0 Å². The van der Waals surface area contributed by atoms with Crippen LogP contribution in [0.3, 0.4) is 0 Å². The van der Waals surface area contributed by atoms with Crippen molar-refractivity contribution < 1.29 is 4.79 Å². The number of nitrogens with one attached hydrogen (secondary N) is 1. The minimum Gasteiger partial charge on any atom is -0.348 e. The first-order valence-electron chi connectivity index (χ1n) is 6.26. The zero-order chi connectivity index (χ0) is 13.4. The lowest BCUT2D eigenvalue weighted by atomic mass is 10.2. The summed E-state index contributed by atoms with van der Waals surface area (Å²) in [7, 11) is 0. The van der Waals surface area contributed by atoms with Gasteiger partial charge in [-0.2, -0.15) is 5.10 Å². The molecule has 1 N–H and O–H groups in total. The van der Waals surface area contributed by atoms with E-state index >= 15 is 0 Å². The smallest absolute Gasteiger partial charge is 0.271 e. The van der Waals surface area contributed by atoms with Crippen LogP contribution in [-0.4, -0.2) is 21.7 Å². The highest BCUT2D eigenvalue weighted by Gasteiger charge is 2.27. The van der Waals surface area contributed by atoms with Crippen LogP contribution in [0.1, 0.15) is 28.9 Å². The molecule has 19 heavy (non-hydrogen) atoms. The van der Waals surface area contributed by atoms with E-state index < -0.39 is 0 Å². The highest BCUT2D eigenvalue weighted by Crippen LogP contribution is 2.23. The summed E-state index contributed by atoms with van der Waals surface area (Å²) in [5.41, 5.74) is 2.39. The van der Waals surface area contributed by atoms with Crippen LogP contribution in [0, 0.1) is 6.92 Å². The predicted molar refractivity (Wildman–Crippen MR) is 73.8 cm³/mol. The van der Waals surface area contributed by atoms with Gasteiger partial charge in [-0.05, 0) is 31.9 Å². The van der Waals surface area contributed by atoms with E-state index in [2.05, 4.69) is 10.4 Å². The number of carbonyl (C=O) groups is 1. The van der Waals surface area contributed by atoms with Gasteiger partial charge >= 0.3 is 0 Å². The molecule has 1 aliphatic carbocycles. The number of hydrogen-bond acceptors (Lipinski definition) is 2.